The molecule has 1 aliphatic rings. The van der Waals surface area contributed by atoms with Crippen molar-refractivity contribution in [1.29, 1.82) is 0 Å². The van der Waals surface area contributed by atoms with Gasteiger partial charge in [-0.25, -0.2) is 0 Å². The van der Waals surface area contributed by atoms with Gasteiger partial charge < -0.3 is 14.4 Å². The lowest BCUT2D eigenvalue weighted by molar-refractivity contribution is -0.00456. The maximum Gasteiger partial charge on any atom is 0.250 e. The fourth-order valence-corrected chi connectivity index (χ4v) is 5.14. The SMILES string of the molecule is Cc1sc2c(c1C)C(c1ccc(Cl)cc1)O[C@H](CCO)c1cc(=O)n(C)cc1-2. The zero-order valence-electron chi connectivity index (χ0n) is 16.0. The van der Waals surface area contributed by atoms with Crippen LogP contribution in [-0.4, -0.2) is 16.3 Å². The Labute approximate surface area is 173 Å². The summed E-state index contributed by atoms with van der Waals surface area (Å²) in [6.45, 7) is 4.21. The fraction of sp³-hybridized carbons (Fsp3) is 0.318. The lowest BCUT2D eigenvalue weighted by Gasteiger charge is -2.24. The van der Waals surface area contributed by atoms with Crippen molar-refractivity contribution >= 4 is 22.9 Å². The van der Waals surface area contributed by atoms with Crippen LogP contribution in [0.15, 0.2) is 41.3 Å². The van der Waals surface area contributed by atoms with E-state index in [2.05, 4.69) is 13.8 Å². The minimum Gasteiger partial charge on any atom is -0.396 e. The maximum atomic E-state index is 12.4. The Kier molecular flexibility index (Phi) is 5.19. The van der Waals surface area contributed by atoms with Gasteiger partial charge >= 0.3 is 0 Å². The number of rotatable bonds is 3. The second-order valence-electron chi connectivity index (χ2n) is 7.19. The van der Waals surface area contributed by atoms with E-state index in [-0.39, 0.29) is 24.4 Å². The number of nitrogens with zero attached hydrogens (tertiary/aromatic N) is 1. The average molecular weight is 416 g/mol. The molecular formula is C22H22ClNO3S. The van der Waals surface area contributed by atoms with Gasteiger partial charge in [0.15, 0.2) is 0 Å². The lowest BCUT2D eigenvalue weighted by Crippen LogP contribution is -2.19. The Bertz CT molecular complexity index is 1080. The molecule has 1 N–H and O–H groups in total. The molecule has 0 saturated carbocycles. The minimum atomic E-state index is -0.367. The van der Waals surface area contributed by atoms with Gasteiger partial charge in [-0.2, -0.15) is 0 Å². The van der Waals surface area contributed by atoms with E-state index >= 15 is 0 Å². The Balaban J connectivity index is 2.00. The van der Waals surface area contributed by atoms with Crippen molar-refractivity contribution in [3.63, 3.8) is 0 Å². The van der Waals surface area contributed by atoms with Crippen molar-refractivity contribution < 1.29 is 9.84 Å². The number of hydrogen-bond acceptors (Lipinski definition) is 4. The second kappa shape index (κ2) is 7.48. The molecule has 0 saturated heterocycles. The number of pyridine rings is 1. The second-order valence-corrected chi connectivity index (χ2v) is 8.85. The van der Waals surface area contributed by atoms with Crippen molar-refractivity contribution in [1.82, 2.24) is 4.57 Å². The quantitative estimate of drug-likeness (QED) is 0.660. The van der Waals surface area contributed by atoms with Crippen LogP contribution in [0.5, 0.6) is 0 Å². The molecule has 1 aliphatic heterocycles. The molecule has 0 aliphatic carbocycles. The highest BCUT2D eigenvalue weighted by Gasteiger charge is 2.33. The summed E-state index contributed by atoms with van der Waals surface area (Å²) in [5.41, 5.74) is 5.11. The van der Waals surface area contributed by atoms with Crippen LogP contribution in [0.4, 0.5) is 0 Å². The molecule has 1 aromatic carbocycles. The standard InChI is InChI=1S/C22H22ClNO3S/c1-12-13(2)28-22-17-11-24(3)19(26)10-16(17)18(8-9-25)27-21(20(12)22)14-4-6-15(23)7-5-14/h4-7,10-11,18,21,25H,8-9H2,1-3H3/t18-,21?/m1/s1. The molecule has 0 fully saturated rings. The minimum absolute atomic E-state index is 0.0156. The van der Waals surface area contributed by atoms with Gasteiger partial charge in [-0.15, -0.1) is 11.3 Å². The van der Waals surface area contributed by atoms with Crippen molar-refractivity contribution in [2.75, 3.05) is 6.61 Å². The molecule has 0 bridgehead atoms. The number of aliphatic hydroxyl groups is 1. The van der Waals surface area contributed by atoms with E-state index in [0.717, 1.165) is 27.1 Å². The van der Waals surface area contributed by atoms with Crippen molar-refractivity contribution in [2.45, 2.75) is 32.5 Å². The van der Waals surface area contributed by atoms with Gasteiger partial charge in [0.2, 0.25) is 0 Å². The van der Waals surface area contributed by atoms with E-state index in [4.69, 9.17) is 16.3 Å². The number of benzene rings is 1. The third-order valence-electron chi connectivity index (χ3n) is 5.41. The zero-order chi connectivity index (χ0) is 20.0. The number of fused-ring (bicyclic) bond motifs is 3. The molecular weight excluding hydrogens is 394 g/mol. The monoisotopic (exact) mass is 415 g/mol. The number of thiophene rings is 1. The van der Waals surface area contributed by atoms with Gasteiger partial charge in [0.1, 0.15) is 6.10 Å². The smallest absolute Gasteiger partial charge is 0.250 e. The molecule has 4 nitrogen and oxygen atoms in total. The van der Waals surface area contributed by atoms with Crippen LogP contribution in [0.2, 0.25) is 5.02 Å². The predicted octanol–water partition coefficient (Wildman–Crippen LogP) is 4.93. The molecule has 0 spiro atoms. The number of aliphatic hydroxyl groups excluding tert-OH is 1. The highest BCUT2D eigenvalue weighted by atomic mass is 35.5. The van der Waals surface area contributed by atoms with E-state index in [1.54, 1.807) is 29.0 Å². The van der Waals surface area contributed by atoms with Crippen LogP contribution >= 0.6 is 22.9 Å². The molecule has 28 heavy (non-hydrogen) atoms. The number of halogens is 1. The third-order valence-corrected chi connectivity index (χ3v) is 6.92. The molecule has 6 heteroatoms. The summed E-state index contributed by atoms with van der Waals surface area (Å²) in [6.07, 6.45) is 1.66. The summed E-state index contributed by atoms with van der Waals surface area (Å²) in [5.74, 6) is 0. The molecule has 1 unspecified atom stereocenters. The van der Waals surface area contributed by atoms with Gasteiger partial charge in [-0.05, 0) is 42.7 Å². The van der Waals surface area contributed by atoms with E-state index in [1.165, 1.54) is 10.4 Å². The van der Waals surface area contributed by atoms with Crippen LogP contribution in [0.25, 0.3) is 10.4 Å². The summed E-state index contributed by atoms with van der Waals surface area (Å²) in [6, 6.07) is 9.34. The lowest BCUT2D eigenvalue weighted by atomic mass is 9.95. The van der Waals surface area contributed by atoms with Crippen LogP contribution in [0.3, 0.4) is 0 Å². The predicted molar refractivity (Wildman–Crippen MR) is 113 cm³/mol. The molecule has 3 aromatic rings. The summed E-state index contributed by atoms with van der Waals surface area (Å²) < 4.78 is 8.18. The Morgan fingerprint density at radius 3 is 2.64 bits per heavy atom. The van der Waals surface area contributed by atoms with E-state index in [1.807, 2.05) is 30.5 Å². The summed E-state index contributed by atoms with van der Waals surface area (Å²) >= 11 is 7.82. The normalized spacial score (nSPS) is 18.5. The first-order valence-electron chi connectivity index (χ1n) is 9.23. The Hall–Kier alpha value is -1.92. The Morgan fingerprint density at radius 1 is 1.25 bits per heavy atom. The maximum absolute atomic E-state index is 12.4. The summed E-state index contributed by atoms with van der Waals surface area (Å²) in [7, 11) is 1.76. The van der Waals surface area contributed by atoms with Gasteiger partial charge in [0.25, 0.3) is 5.56 Å². The van der Waals surface area contributed by atoms with E-state index < -0.39 is 0 Å². The molecule has 4 rings (SSSR count). The fourth-order valence-electron chi connectivity index (χ4n) is 3.79. The van der Waals surface area contributed by atoms with Crippen LogP contribution in [-0.2, 0) is 11.8 Å². The van der Waals surface area contributed by atoms with Crippen molar-refractivity contribution in [2.24, 2.45) is 7.05 Å². The first kappa shape index (κ1) is 19.4. The van der Waals surface area contributed by atoms with Gasteiger partial charge in [0.05, 0.1) is 6.10 Å². The summed E-state index contributed by atoms with van der Waals surface area (Å²) in [5, 5.41) is 10.3. The molecule has 2 atom stereocenters. The highest BCUT2D eigenvalue weighted by Crippen LogP contribution is 2.50. The zero-order valence-corrected chi connectivity index (χ0v) is 17.6. The number of aryl methyl sites for hydroxylation is 2. The van der Waals surface area contributed by atoms with Crippen molar-refractivity contribution in [3.05, 3.63) is 79.0 Å². The molecule has 146 valence electrons. The topological polar surface area (TPSA) is 51.5 Å². The number of aromatic nitrogens is 1. The molecule has 3 heterocycles. The third kappa shape index (κ3) is 3.22. The molecule has 0 amide bonds. The largest absolute Gasteiger partial charge is 0.396 e. The first-order valence-corrected chi connectivity index (χ1v) is 10.4. The average Bonchev–Trinajstić information content (AvgIpc) is 2.89. The van der Waals surface area contributed by atoms with E-state index in [0.29, 0.717) is 11.4 Å². The number of ether oxygens (including phenoxy) is 1. The van der Waals surface area contributed by atoms with Crippen molar-refractivity contribution in [3.8, 4) is 10.4 Å². The van der Waals surface area contributed by atoms with Crippen LogP contribution in [0, 0.1) is 13.8 Å². The highest BCUT2D eigenvalue weighted by molar-refractivity contribution is 7.15. The van der Waals surface area contributed by atoms with Gasteiger partial charge in [0, 0.05) is 58.2 Å². The van der Waals surface area contributed by atoms with Gasteiger partial charge in [-0.3, -0.25) is 4.79 Å². The molecule has 0 radical (unpaired) electrons. The summed E-state index contributed by atoms with van der Waals surface area (Å²) in [4.78, 5) is 14.7. The van der Waals surface area contributed by atoms with E-state index in [9.17, 15) is 9.90 Å². The van der Waals surface area contributed by atoms with Gasteiger partial charge in [-0.1, -0.05) is 23.7 Å². The van der Waals surface area contributed by atoms with Crippen LogP contribution in [0.1, 0.15) is 45.8 Å². The number of hydrogen-bond donors (Lipinski definition) is 1. The molecule has 2 aromatic heterocycles. The van der Waals surface area contributed by atoms with Crippen LogP contribution < -0.4 is 5.56 Å². The Morgan fingerprint density at radius 2 is 1.96 bits per heavy atom. The first-order chi connectivity index (χ1) is 13.4.